The van der Waals surface area contributed by atoms with E-state index in [1.54, 1.807) is 6.54 Å². The van der Waals surface area contributed by atoms with Crippen molar-refractivity contribution in [2.45, 2.75) is 20.0 Å². The van der Waals surface area contributed by atoms with E-state index in [1.807, 2.05) is 38.9 Å². The van der Waals surface area contributed by atoms with Gasteiger partial charge in [-0.2, -0.15) is 0 Å². The second-order valence-corrected chi connectivity index (χ2v) is 2.59. The van der Waals surface area contributed by atoms with Crippen molar-refractivity contribution < 1.29 is 25.5 Å². The molecule has 0 rings (SSSR count). The number of likely N-dealkylation sites (N-methyl/N-ethyl adjacent to an activating group) is 1. The normalized spacial score (nSPS) is 14.5. The van der Waals surface area contributed by atoms with Crippen molar-refractivity contribution >= 4 is 0 Å². The summed E-state index contributed by atoms with van der Waals surface area (Å²) in [7, 11) is 3.79. The SMILES string of the molecule is C/C=C(\C)[C@@H](O)[CH-]N(C)C.[Re]. The molecular weight excluding hydrogens is 312 g/mol. The van der Waals surface area contributed by atoms with Crippen molar-refractivity contribution in [2.75, 3.05) is 14.1 Å². The Morgan fingerprint density at radius 3 is 2.27 bits per heavy atom. The molecule has 1 radical (unpaired) electrons. The Bertz CT molecular complexity index is 123. The Kier molecular flexibility index (Phi) is 8.83. The van der Waals surface area contributed by atoms with Gasteiger partial charge >= 0.3 is 0 Å². The van der Waals surface area contributed by atoms with E-state index in [-0.39, 0.29) is 20.4 Å². The standard InChI is InChI=1S/C8H16NO.Re/c1-5-7(2)8(10)6-9(3)4;/h5-6,8,10H,1-4H3;/q-1;/b7-5+;/t8-;/m0./s1. The Morgan fingerprint density at radius 2 is 2.00 bits per heavy atom. The van der Waals surface area contributed by atoms with Crippen LogP contribution in [-0.4, -0.2) is 30.2 Å². The first-order chi connectivity index (χ1) is 4.57. The van der Waals surface area contributed by atoms with Crippen LogP contribution in [0.25, 0.3) is 0 Å². The molecule has 0 aliphatic rings. The van der Waals surface area contributed by atoms with Gasteiger partial charge in [0.05, 0.1) is 0 Å². The van der Waals surface area contributed by atoms with Crippen molar-refractivity contribution in [1.82, 2.24) is 4.90 Å². The molecule has 0 saturated heterocycles. The molecule has 0 bridgehead atoms. The third kappa shape index (κ3) is 6.71. The first-order valence-electron chi connectivity index (χ1n) is 3.40. The van der Waals surface area contributed by atoms with E-state index in [4.69, 9.17) is 0 Å². The number of hydrogen-bond acceptors (Lipinski definition) is 2. The molecular formula is C8H16NORe-. The van der Waals surface area contributed by atoms with Gasteiger partial charge in [-0.15, -0.1) is 0 Å². The van der Waals surface area contributed by atoms with Gasteiger partial charge in [0.15, 0.2) is 0 Å². The summed E-state index contributed by atoms with van der Waals surface area (Å²) >= 11 is 0. The summed E-state index contributed by atoms with van der Waals surface area (Å²) in [5.41, 5.74) is 0.980. The van der Waals surface area contributed by atoms with Crippen LogP contribution >= 0.6 is 0 Å². The van der Waals surface area contributed by atoms with Gasteiger partial charge in [0.1, 0.15) is 0 Å². The van der Waals surface area contributed by atoms with Crippen LogP contribution < -0.4 is 0 Å². The van der Waals surface area contributed by atoms with Gasteiger partial charge in [-0.1, -0.05) is 11.6 Å². The topological polar surface area (TPSA) is 23.5 Å². The quantitative estimate of drug-likeness (QED) is 0.618. The molecule has 1 N–H and O–H groups in total. The van der Waals surface area contributed by atoms with E-state index in [0.29, 0.717) is 0 Å². The molecule has 0 heterocycles. The van der Waals surface area contributed by atoms with E-state index in [2.05, 4.69) is 0 Å². The summed E-state index contributed by atoms with van der Waals surface area (Å²) in [6.45, 7) is 5.59. The van der Waals surface area contributed by atoms with E-state index < -0.39 is 6.10 Å². The average molecular weight is 328 g/mol. The van der Waals surface area contributed by atoms with E-state index in [9.17, 15) is 5.11 Å². The van der Waals surface area contributed by atoms with Crippen LogP contribution in [0.5, 0.6) is 0 Å². The van der Waals surface area contributed by atoms with Crippen molar-refractivity contribution in [3.05, 3.63) is 18.2 Å². The molecule has 0 aromatic rings. The van der Waals surface area contributed by atoms with Gasteiger partial charge in [0, 0.05) is 20.4 Å². The molecule has 0 aromatic heterocycles. The number of aliphatic hydroxyl groups is 1. The van der Waals surface area contributed by atoms with Gasteiger partial charge in [0.2, 0.25) is 0 Å². The Morgan fingerprint density at radius 1 is 1.55 bits per heavy atom. The predicted octanol–water partition coefficient (Wildman–Crippen LogP) is 1.03. The predicted molar refractivity (Wildman–Crippen MR) is 43.4 cm³/mol. The average Bonchev–Trinajstić information content (AvgIpc) is 1.85. The van der Waals surface area contributed by atoms with Crippen LogP contribution in [0.1, 0.15) is 13.8 Å². The fraction of sp³-hybridized carbons (Fsp3) is 0.625. The van der Waals surface area contributed by atoms with E-state index >= 15 is 0 Å². The maximum atomic E-state index is 9.32. The first kappa shape index (κ1) is 13.9. The van der Waals surface area contributed by atoms with Crippen LogP contribution in [0.4, 0.5) is 0 Å². The van der Waals surface area contributed by atoms with Crippen LogP contribution in [0.3, 0.4) is 0 Å². The number of aliphatic hydroxyl groups excluding tert-OH is 1. The summed E-state index contributed by atoms with van der Waals surface area (Å²) in [4.78, 5) is 1.84. The van der Waals surface area contributed by atoms with Gasteiger partial charge in [-0.3, -0.25) is 0 Å². The Labute approximate surface area is 82.9 Å². The molecule has 0 saturated carbocycles. The molecule has 11 heavy (non-hydrogen) atoms. The zero-order chi connectivity index (χ0) is 8.15. The minimum absolute atomic E-state index is 0. The molecule has 67 valence electrons. The van der Waals surface area contributed by atoms with Crippen LogP contribution in [0, 0.1) is 6.54 Å². The molecule has 0 spiro atoms. The monoisotopic (exact) mass is 329 g/mol. The van der Waals surface area contributed by atoms with Crippen LogP contribution in [-0.2, 0) is 20.4 Å². The van der Waals surface area contributed by atoms with Crippen molar-refractivity contribution in [3.63, 3.8) is 0 Å². The van der Waals surface area contributed by atoms with Gasteiger partial charge < -0.3 is 10.0 Å². The summed E-state index contributed by atoms with van der Waals surface area (Å²) < 4.78 is 0. The van der Waals surface area contributed by atoms with Crippen molar-refractivity contribution in [2.24, 2.45) is 0 Å². The number of hydrogen-bond donors (Lipinski definition) is 1. The summed E-state index contributed by atoms with van der Waals surface area (Å²) in [5, 5.41) is 9.32. The van der Waals surface area contributed by atoms with Crippen molar-refractivity contribution in [3.8, 4) is 0 Å². The first-order valence-corrected chi connectivity index (χ1v) is 3.40. The molecule has 0 fully saturated rings. The van der Waals surface area contributed by atoms with Crippen LogP contribution in [0.15, 0.2) is 11.6 Å². The second-order valence-electron chi connectivity index (χ2n) is 2.59. The third-order valence-electron chi connectivity index (χ3n) is 1.36. The number of rotatable bonds is 3. The van der Waals surface area contributed by atoms with Crippen LogP contribution in [0.2, 0.25) is 0 Å². The second kappa shape index (κ2) is 7.00. The fourth-order valence-electron chi connectivity index (χ4n) is 0.571. The summed E-state index contributed by atoms with van der Waals surface area (Å²) in [5.74, 6) is 0. The third-order valence-corrected chi connectivity index (χ3v) is 1.36. The number of nitrogens with zero attached hydrogens (tertiary/aromatic N) is 1. The molecule has 0 aromatic carbocycles. The van der Waals surface area contributed by atoms with Crippen molar-refractivity contribution in [1.29, 1.82) is 0 Å². The number of allylic oxidation sites excluding steroid dienone is 1. The largest absolute Gasteiger partial charge is 0.459 e. The molecule has 1 atom stereocenters. The summed E-state index contributed by atoms with van der Waals surface area (Å²) in [6, 6.07) is 0. The Hall–Kier alpha value is 0.322. The molecule has 0 unspecified atom stereocenters. The Balaban J connectivity index is 0. The smallest absolute Gasteiger partial charge is 0 e. The molecule has 0 aliphatic heterocycles. The zero-order valence-corrected chi connectivity index (χ0v) is 10.2. The van der Waals surface area contributed by atoms with E-state index in [0.717, 1.165) is 5.57 Å². The molecule has 3 heteroatoms. The molecule has 2 nitrogen and oxygen atoms in total. The minimum atomic E-state index is -0.431. The zero-order valence-electron chi connectivity index (χ0n) is 7.50. The van der Waals surface area contributed by atoms with E-state index in [1.165, 1.54) is 0 Å². The molecule has 0 amide bonds. The molecule has 0 aliphatic carbocycles. The maximum Gasteiger partial charge on any atom is 0 e. The van der Waals surface area contributed by atoms with Gasteiger partial charge in [-0.05, 0) is 34.0 Å². The fourth-order valence-corrected chi connectivity index (χ4v) is 0.571. The van der Waals surface area contributed by atoms with Gasteiger partial charge in [-0.25, -0.2) is 6.54 Å². The maximum absolute atomic E-state index is 9.32. The summed E-state index contributed by atoms with van der Waals surface area (Å²) in [6.07, 6.45) is 1.48. The van der Waals surface area contributed by atoms with Gasteiger partial charge in [0.25, 0.3) is 0 Å². The minimum Gasteiger partial charge on any atom is -0.459 e.